The number of aryl methyl sites for hydroxylation is 1. The van der Waals surface area contributed by atoms with E-state index in [1.807, 2.05) is 61.5 Å². The number of unbranched alkanes of at least 4 members (excludes halogenated alkanes) is 1. The molecule has 0 aromatic heterocycles. The van der Waals surface area contributed by atoms with Gasteiger partial charge in [0.25, 0.3) is 0 Å². The zero-order valence-corrected chi connectivity index (χ0v) is 25.9. The highest BCUT2D eigenvalue weighted by atomic mass is 32.2. The standard InChI is InChI=1S/C33H43N3O5S/c1-5-6-21-34-33(38)31(23-27-15-8-7-9-16-27)35(25-28-17-11-10-14-26(28)2)32(37)20-13-22-36(42(4,39)40)29-18-12-19-30(24-29)41-3/h7-12,14-19,24,31H,5-6,13,20-23,25H2,1-4H3,(H,34,38)/t31-/m0/s1. The Labute approximate surface area is 250 Å². The number of amides is 2. The average molecular weight is 594 g/mol. The minimum Gasteiger partial charge on any atom is -0.497 e. The summed E-state index contributed by atoms with van der Waals surface area (Å²) in [7, 11) is -2.09. The molecule has 0 aliphatic rings. The summed E-state index contributed by atoms with van der Waals surface area (Å²) in [6.45, 7) is 4.98. The zero-order chi connectivity index (χ0) is 30.5. The van der Waals surface area contributed by atoms with E-state index in [1.165, 1.54) is 11.4 Å². The first-order valence-electron chi connectivity index (χ1n) is 14.4. The van der Waals surface area contributed by atoms with E-state index in [4.69, 9.17) is 4.74 Å². The predicted octanol–water partition coefficient (Wildman–Crippen LogP) is 5.11. The van der Waals surface area contributed by atoms with Crippen molar-refractivity contribution in [1.82, 2.24) is 10.2 Å². The van der Waals surface area contributed by atoms with Gasteiger partial charge >= 0.3 is 0 Å². The molecular formula is C33H43N3O5S. The van der Waals surface area contributed by atoms with E-state index in [0.717, 1.165) is 35.8 Å². The Balaban J connectivity index is 1.88. The molecule has 0 saturated heterocycles. The number of benzene rings is 3. The van der Waals surface area contributed by atoms with Crippen LogP contribution in [0.5, 0.6) is 5.75 Å². The van der Waals surface area contributed by atoms with Crippen molar-refractivity contribution in [2.75, 3.05) is 30.8 Å². The Kier molecular flexibility index (Phi) is 12.4. The van der Waals surface area contributed by atoms with E-state index in [0.29, 0.717) is 24.4 Å². The third-order valence-corrected chi connectivity index (χ3v) is 8.39. The Morgan fingerprint density at radius 1 is 0.952 bits per heavy atom. The van der Waals surface area contributed by atoms with Crippen LogP contribution >= 0.6 is 0 Å². The van der Waals surface area contributed by atoms with Gasteiger partial charge in [-0.3, -0.25) is 13.9 Å². The van der Waals surface area contributed by atoms with Crippen molar-refractivity contribution in [2.24, 2.45) is 0 Å². The SMILES string of the molecule is CCCCNC(=O)[C@H](Cc1ccccc1)N(Cc1ccccc1C)C(=O)CCCN(c1cccc(OC)c1)S(C)(=O)=O. The number of hydrogen-bond donors (Lipinski definition) is 1. The molecule has 226 valence electrons. The molecule has 0 saturated carbocycles. The maximum Gasteiger partial charge on any atom is 0.243 e. The fourth-order valence-corrected chi connectivity index (χ4v) is 5.76. The molecule has 1 atom stereocenters. The van der Waals surface area contributed by atoms with Crippen molar-refractivity contribution in [3.63, 3.8) is 0 Å². The van der Waals surface area contributed by atoms with Gasteiger partial charge in [0.1, 0.15) is 11.8 Å². The number of methoxy groups -OCH3 is 1. The summed E-state index contributed by atoms with van der Waals surface area (Å²) in [5, 5.41) is 3.03. The summed E-state index contributed by atoms with van der Waals surface area (Å²) < 4.78 is 31.9. The van der Waals surface area contributed by atoms with Crippen LogP contribution in [-0.2, 0) is 32.6 Å². The van der Waals surface area contributed by atoms with Gasteiger partial charge in [0.15, 0.2) is 0 Å². The van der Waals surface area contributed by atoms with Crippen molar-refractivity contribution in [3.05, 3.63) is 95.6 Å². The van der Waals surface area contributed by atoms with Crippen LogP contribution in [0.1, 0.15) is 49.3 Å². The topological polar surface area (TPSA) is 96.0 Å². The summed E-state index contributed by atoms with van der Waals surface area (Å²) in [6.07, 6.45) is 3.67. The fraction of sp³-hybridized carbons (Fsp3) is 0.394. The van der Waals surface area contributed by atoms with Crippen molar-refractivity contribution < 1.29 is 22.7 Å². The largest absolute Gasteiger partial charge is 0.497 e. The Morgan fingerprint density at radius 2 is 1.67 bits per heavy atom. The van der Waals surface area contributed by atoms with E-state index in [1.54, 1.807) is 29.2 Å². The van der Waals surface area contributed by atoms with Gasteiger partial charge in [-0.2, -0.15) is 0 Å². The molecule has 8 nitrogen and oxygen atoms in total. The van der Waals surface area contributed by atoms with Crippen LogP contribution in [0.2, 0.25) is 0 Å². The van der Waals surface area contributed by atoms with Crippen LogP contribution in [0.4, 0.5) is 5.69 Å². The molecule has 0 bridgehead atoms. The monoisotopic (exact) mass is 593 g/mol. The highest BCUT2D eigenvalue weighted by Gasteiger charge is 2.30. The van der Waals surface area contributed by atoms with Crippen LogP contribution in [-0.4, -0.2) is 57.6 Å². The fourth-order valence-electron chi connectivity index (χ4n) is 4.80. The second kappa shape index (κ2) is 16.0. The zero-order valence-electron chi connectivity index (χ0n) is 25.1. The molecule has 3 aromatic carbocycles. The van der Waals surface area contributed by atoms with Crippen molar-refractivity contribution in [1.29, 1.82) is 0 Å². The van der Waals surface area contributed by atoms with Crippen LogP contribution in [0.3, 0.4) is 0 Å². The molecule has 0 heterocycles. The minimum absolute atomic E-state index is 0.0788. The number of rotatable bonds is 16. The summed E-state index contributed by atoms with van der Waals surface area (Å²) in [5.41, 5.74) is 3.41. The van der Waals surface area contributed by atoms with Crippen molar-refractivity contribution >= 4 is 27.5 Å². The lowest BCUT2D eigenvalue weighted by Crippen LogP contribution is -2.50. The maximum atomic E-state index is 14.0. The normalized spacial score (nSPS) is 11.9. The number of anilines is 1. The molecule has 1 N–H and O–H groups in total. The quantitative estimate of drug-likeness (QED) is 0.233. The lowest BCUT2D eigenvalue weighted by molar-refractivity contribution is -0.141. The number of carbonyl (C=O) groups is 2. The third-order valence-electron chi connectivity index (χ3n) is 7.20. The molecular weight excluding hydrogens is 550 g/mol. The van der Waals surface area contributed by atoms with Gasteiger partial charge in [-0.15, -0.1) is 0 Å². The number of sulfonamides is 1. The lowest BCUT2D eigenvalue weighted by atomic mass is 10.0. The molecule has 0 radical (unpaired) electrons. The first-order chi connectivity index (χ1) is 20.1. The molecule has 42 heavy (non-hydrogen) atoms. The average Bonchev–Trinajstić information content (AvgIpc) is 2.97. The lowest BCUT2D eigenvalue weighted by Gasteiger charge is -2.32. The molecule has 0 unspecified atom stereocenters. The molecule has 3 rings (SSSR count). The van der Waals surface area contributed by atoms with Gasteiger partial charge in [0, 0.05) is 38.5 Å². The molecule has 3 aromatic rings. The molecule has 0 fully saturated rings. The Bertz CT molecular complexity index is 1410. The highest BCUT2D eigenvalue weighted by Crippen LogP contribution is 2.24. The van der Waals surface area contributed by atoms with Crippen LogP contribution in [0, 0.1) is 6.92 Å². The van der Waals surface area contributed by atoms with Gasteiger partial charge in [0.2, 0.25) is 21.8 Å². The second-order valence-corrected chi connectivity index (χ2v) is 12.3. The van der Waals surface area contributed by atoms with Crippen LogP contribution < -0.4 is 14.4 Å². The number of carbonyl (C=O) groups excluding carboxylic acids is 2. The van der Waals surface area contributed by atoms with Gasteiger partial charge in [-0.25, -0.2) is 8.42 Å². The first-order valence-corrected chi connectivity index (χ1v) is 16.3. The number of hydrogen-bond acceptors (Lipinski definition) is 5. The molecule has 9 heteroatoms. The summed E-state index contributed by atoms with van der Waals surface area (Å²) >= 11 is 0. The van der Waals surface area contributed by atoms with Gasteiger partial charge in [-0.05, 0) is 48.6 Å². The van der Waals surface area contributed by atoms with Crippen LogP contribution in [0.25, 0.3) is 0 Å². The molecule has 0 aliphatic carbocycles. The number of nitrogens with zero attached hydrogens (tertiary/aromatic N) is 2. The Hall–Kier alpha value is -3.85. The minimum atomic E-state index is -3.61. The summed E-state index contributed by atoms with van der Waals surface area (Å²) in [4.78, 5) is 29.2. The van der Waals surface area contributed by atoms with E-state index in [2.05, 4.69) is 12.2 Å². The van der Waals surface area contributed by atoms with E-state index >= 15 is 0 Å². The van der Waals surface area contributed by atoms with Gasteiger partial charge in [0.05, 0.1) is 19.1 Å². The summed E-state index contributed by atoms with van der Waals surface area (Å²) in [5.74, 6) is 0.145. The molecule has 2 amide bonds. The highest BCUT2D eigenvalue weighted by molar-refractivity contribution is 7.92. The third kappa shape index (κ3) is 9.62. The second-order valence-electron chi connectivity index (χ2n) is 10.4. The number of ether oxygens (including phenoxy) is 1. The number of nitrogens with one attached hydrogen (secondary N) is 1. The van der Waals surface area contributed by atoms with Gasteiger partial charge < -0.3 is 15.0 Å². The summed E-state index contributed by atoms with van der Waals surface area (Å²) in [6, 6.07) is 23.6. The molecule has 0 spiro atoms. The van der Waals surface area contributed by atoms with Crippen molar-refractivity contribution in [2.45, 2.75) is 58.5 Å². The molecule has 0 aliphatic heterocycles. The maximum absolute atomic E-state index is 14.0. The van der Waals surface area contributed by atoms with Gasteiger partial charge in [-0.1, -0.05) is 74.0 Å². The van der Waals surface area contributed by atoms with E-state index in [9.17, 15) is 18.0 Å². The first kappa shape index (κ1) is 32.7. The predicted molar refractivity (Wildman–Crippen MR) is 168 cm³/mol. The smallest absolute Gasteiger partial charge is 0.243 e. The van der Waals surface area contributed by atoms with E-state index in [-0.39, 0.29) is 37.7 Å². The Morgan fingerprint density at radius 3 is 2.33 bits per heavy atom. The van der Waals surface area contributed by atoms with Crippen molar-refractivity contribution in [3.8, 4) is 5.75 Å². The van der Waals surface area contributed by atoms with E-state index < -0.39 is 16.1 Å². The van der Waals surface area contributed by atoms with Crippen LogP contribution in [0.15, 0.2) is 78.9 Å².